The SMILES string of the molecule is CN(C)C(=O)c1cnc(C2CCCN2C(=O)c2ccncc2)s1. The number of thiazole rings is 1. The van der Waals surface area contributed by atoms with E-state index in [0.29, 0.717) is 17.0 Å². The number of likely N-dealkylation sites (tertiary alicyclic amines) is 1. The van der Waals surface area contributed by atoms with Crippen molar-refractivity contribution in [1.82, 2.24) is 19.8 Å². The Hall–Kier alpha value is -2.28. The quantitative estimate of drug-likeness (QED) is 0.865. The molecule has 0 aliphatic carbocycles. The van der Waals surface area contributed by atoms with Crippen LogP contribution in [0.3, 0.4) is 0 Å². The average molecular weight is 330 g/mol. The molecule has 6 nitrogen and oxygen atoms in total. The van der Waals surface area contributed by atoms with Gasteiger partial charge in [-0.1, -0.05) is 0 Å². The van der Waals surface area contributed by atoms with E-state index < -0.39 is 0 Å². The zero-order valence-electron chi connectivity index (χ0n) is 13.1. The van der Waals surface area contributed by atoms with E-state index in [-0.39, 0.29) is 17.9 Å². The molecule has 0 saturated carbocycles. The molecule has 23 heavy (non-hydrogen) atoms. The van der Waals surface area contributed by atoms with Crippen molar-refractivity contribution < 1.29 is 9.59 Å². The Morgan fingerprint density at radius 3 is 2.74 bits per heavy atom. The van der Waals surface area contributed by atoms with Crippen LogP contribution < -0.4 is 0 Å². The van der Waals surface area contributed by atoms with Gasteiger partial charge in [-0.3, -0.25) is 14.6 Å². The van der Waals surface area contributed by atoms with Gasteiger partial charge >= 0.3 is 0 Å². The Labute approximate surface area is 138 Å². The molecule has 2 aromatic rings. The summed E-state index contributed by atoms with van der Waals surface area (Å²) < 4.78 is 0. The summed E-state index contributed by atoms with van der Waals surface area (Å²) in [6, 6.07) is 3.39. The van der Waals surface area contributed by atoms with Gasteiger partial charge in [-0.05, 0) is 25.0 Å². The van der Waals surface area contributed by atoms with Gasteiger partial charge in [-0.15, -0.1) is 11.3 Å². The van der Waals surface area contributed by atoms with Crippen LogP contribution in [0.15, 0.2) is 30.7 Å². The van der Waals surface area contributed by atoms with Gasteiger partial charge in [0, 0.05) is 38.6 Å². The predicted molar refractivity (Wildman–Crippen MR) is 87.4 cm³/mol. The predicted octanol–water partition coefficient (Wildman–Crippen LogP) is 2.22. The van der Waals surface area contributed by atoms with Crippen LogP contribution in [0.2, 0.25) is 0 Å². The first-order valence-electron chi connectivity index (χ1n) is 7.46. The van der Waals surface area contributed by atoms with Crippen LogP contribution in [-0.2, 0) is 0 Å². The van der Waals surface area contributed by atoms with E-state index in [1.165, 1.54) is 16.2 Å². The number of carbonyl (C=O) groups excluding carboxylic acids is 2. The molecule has 7 heteroatoms. The van der Waals surface area contributed by atoms with E-state index in [1.54, 1.807) is 44.8 Å². The summed E-state index contributed by atoms with van der Waals surface area (Å²) in [5, 5.41) is 0.829. The number of carbonyl (C=O) groups is 2. The van der Waals surface area contributed by atoms with Crippen molar-refractivity contribution in [2.75, 3.05) is 20.6 Å². The second-order valence-corrected chi connectivity index (χ2v) is 6.72. The van der Waals surface area contributed by atoms with Crippen molar-refractivity contribution in [3.63, 3.8) is 0 Å². The van der Waals surface area contributed by atoms with Gasteiger partial charge in [0.15, 0.2) is 0 Å². The van der Waals surface area contributed by atoms with Gasteiger partial charge in [0.1, 0.15) is 9.88 Å². The first kappa shape index (κ1) is 15.6. The molecule has 2 amide bonds. The number of amides is 2. The normalized spacial score (nSPS) is 17.3. The molecule has 0 bridgehead atoms. The largest absolute Gasteiger partial charge is 0.344 e. The number of nitrogens with zero attached hydrogens (tertiary/aromatic N) is 4. The molecule has 1 fully saturated rings. The van der Waals surface area contributed by atoms with Gasteiger partial charge in [0.2, 0.25) is 0 Å². The Morgan fingerprint density at radius 2 is 2.04 bits per heavy atom. The number of pyridine rings is 1. The first-order chi connectivity index (χ1) is 11.1. The summed E-state index contributed by atoms with van der Waals surface area (Å²) >= 11 is 1.37. The molecule has 1 aliphatic rings. The molecule has 1 saturated heterocycles. The molecule has 0 spiro atoms. The molecule has 120 valence electrons. The standard InChI is InChI=1S/C16H18N4O2S/c1-19(2)16(22)13-10-18-14(23-13)12-4-3-9-20(12)15(21)11-5-7-17-8-6-11/h5-8,10,12H,3-4,9H2,1-2H3. The fourth-order valence-corrected chi connectivity index (χ4v) is 3.77. The summed E-state index contributed by atoms with van der Waals surface area (Å²) in [5.74, 6) is -0.0654. The van der Waals surface area contributed by atoms with E-state index in [4.69, 9.17) is 0 Å². The number of aromatic nitrogens is 2. The Balaban J connectivity index is 1.82. The second kappa shape index (κ2) is 6.45. The molecule has 0 N–H and O–H groups in total. The third kappa shape index (κ3) is 3.10. The summed E-state index contributed by atoms with van der Waals surface area (Å²) in [6.45, 7) is 0.711. The van der Waals surface area contributed by atoms with Gasteiger partial charge in [-0.2, -0.15) is 0 Å². The summed E-state index contributed by atoms with van der Waals surface area (Å²) in [5.41, 5.74) is 0.632. The maximum atomic E-state index is 12.7. The highest BCUT2D eigenvalue weighted by molar-refractivity contribution is 7.13. The van der Waals surface area contributed by atoms with Crippen LogP contribution in [0, 0.1) is 0 Å². The van der Waals surface area contributed by atoms with E-state index >= 15 is 0 Å². The fraction of sp³-hybridized carbons (Fsp3) is 0.375. The highest BCUT2D eigenvalue weighted by Gasteiger charge is 2.33. The maximum Gasteiger partial charge on any atom is 0.265 e. The minimum absolute atomic E-state index is 0.00872. The molecule has 1 atom stereocenters. The summed E-state index contributed by atoms with van der Waals surface area (Å²) in [4.78, 5) is 37.0. The minimum Gasteiger partial charge on any atom is -0.344 e. The Kier molecular flexibility index (Phi) is 4.38. The molecule has 1 aliphatic heterocycles. The molecular weight excluding hydrogens is 312 g/mol. The topological polar surface area (TPSA) is 66.4 Å². The monoisotopic (exact) mass is 330 g/mol. The van der Waals surface area contributed by atoms with Crippen molar-refractivity contribution in [2.45, 2.75) is 18.9 Å². The van der Waals surface area contributed by atoms with Crippen molar-refractivity contribution in [3.8, 4) is 0 Å². The third-order valence-electron chi connectivity index (χ3n) is 3.87. The zero-order valence-corrected chi connectivity index (χ0v) is 13.9. The van der Waals surface area contributed by atoms with E-state index in [9.17, 15) is 9.59 Å². The van der Waals surface area contributed by atoms with Crippen LogP contribution in [0.5, 0.6) is 0 Å². The molecule has 0 radical (unpaired) electrons. The van der Waals surface area contributed by atoms with Crippen LogP contribution in [-0.4, -0.2) is 52.2 Å². The number of hydrogen-bond donors (Lipinski definition) is 0. The molecular formula is C16H18N4O2S. The average Bonchev–Trinajstić information content (AvgIpc) is 3.23. The van der Waals surface area contributed by atoms with Crippen molar-refractivity contribution in [2.24, 2.45) is 0 Å². The van der Waals surface area contributed by atoms with Gasteiger partial charge in [-0.25, -0.2) is 4.98 Å². The maximum absolute atomic E-state index is 12.7. The first-order valence-corrected chi connectivity index (χ1v) is 8.28. The van der Waals surface area contributed by atoms with Crippen molar-refractivity contribution >= 4 is 23.2 Å². The fourth-order valence-electron chi connectivity index (χ4n) is 2.69. The summed E-state index contributed by atoms with van der Waals surface area (Å²) in [7, 11) is 3.44. The highest BCUT2D eigenvalue weighted by atomic mass is 32.1. The van der Waals surface area contributed by atoms with Crippen LogP contribution in [0.25, 0.3) is 0 Å². The molecule has 3 rings (SSSR count). The van der Waals surface area contributed by atoms with E-state index in [2.05, 4.69) is 9.97 Å². The van der Waals surface area contributed by atoms with Gasteiger partial charge < -0.3 is 9.80 Å². The molecule has 3 heterocycles. The van der Waals surface area contributed by atoms with E-state index in [1.807, 2.05) is 4.90 Å². The van der Waals surface area contributed by atoms with Crippen molar-refractivity contribution in [1.29, 1.82) is 0 Å². The highest BCUT2D eigenvalue weighted by Crippen LogP contribution is 2.35. The van der Waals surface area contributed by atoms with E-state index in [0.717, 1.165) is 17.8 Å². The lowest BCUT2D eigenvalue weighted by molar-refractivity contribution is 0.0735. The van der Waals surface area contributed by atoms with Gasteiger partial charge in [0.25, 0.3) is 11.8 Å². The third-order valence-corrected chi connectivity index (χ3v) is 4.95. The van der Waals surface area contributed by atoms with Crippen LogP contribution >= 0.6 is 11.3 Å². The van der Waals surface area contributed by atoms with Crippen LogP contribution in [0.1, 0.15) is 43.9 Å². The lowest BCUT2D eigenvalue weighted by Gasteiger charge is -2.23. The lowest BCUT2D eigenvalue weighted by atomic mass is 10.2. The number of rotatable bonds is 3. The molecule has 2 aromatic heterocycles. The minimum atomic E-state index is -0.0567. The zero-order chi connectivity index (χ0) is 16.4. The van der Waals surface area contributed by atoms with Crippen LogP contribution in [0.4, 0.5) is 0 Å². The van der Waals surface area contributed by atoms with Crippen molar-refractivity contribution in [3.05, 3.63) is 46.2 Å². The smallest absolute Gasteiger partial charge is 0.265 e. The second-order valence-electron chi connectivity index (χ2n) is 5.65. The van der Waals surface area contributed by atoms with Gasteiger partial charge in [0.05, 0.1) is 12.2 Å². The molecule has 1 unspecified atom stereocenters. The summed E-state index contributed by atoms with van der Waals surface area (Å²) in [6.07, 6.45) is 6.67. The Bertz CT molecular complexity index is 714. The lowest BCUT2D eigenvalue weighted by Crippen LogP contribution is -2.30. The number of hydrogen-bond acceptors (Lipinski definition) is 5. The Morgan fingerprint density at radius 1 is 1.30 bits per heavy atom. The molecule has 0 aromatic carbocycles.